The van der Waals surface area contributed by atoms with Crippen LogP contribution in [0.15, 0.2) is 12.2 Å². The molecule has 5 nitrogen and oxygen atoms in total. The number of rotatable bonds is 3. The zero-order chi connectivity index (χ0) is 14.7. The van der Waals surface area contributed by atoms with Crippen LogP contribution < -0.4 is 0 Å². The molecule has 112 valence electrons. The van der Waals surface area contributed by atoms with Gasteiger partial charge in [-0.05, 0) is 30.8 Å². The number of aliphatic hydroxyl groups is 1. The summed E-state index contributed by atoms with van der Waals surface area (Å²) in [5.41, 5.74) is 0.137. The summed E-state index contributed by atoms with van der Waals surface area (Å²) in [4.78, 5) is 11.9. The molecule has 4 fully saturated rings. The van der Waals surface area contributed by atoms with E-state index in [4.69, 9.17) is 14.2 Å². The highest BCUT2D eigenvalue weighted by Crippen LogP contribution is 2.57. The molecule has 3 unspecified atom stereocenters. The van der Waals surface area contributed by atoms with Crippen LogP contribution in [-0.4, -0.2) is 35.4 Å². The Labute approximate surface area is 118 Å². The molecule has 0 radical (unpaired) electrons. The van der Waals surface area contributed by atoms with E-state index in [2.05, 4.69) is 6.58 Å². The van der Waals surface area contributed by atoms with E-state index in [9.17, 15) is 9.90 Å². The van der Waals surface area contributed by atoms with Crippen molar-refractivity contribution >= 4 is 5.97 Å². The van der Waals surface area contributed by atoms with Gasteiger partial charge in [-0.1, -0.05) is 20.4 Å². The van der Waals surface area contributed by atoms with Gasteiger partial charge in [-0.25, -0.2) is 0 Å². The van der Waals surface area contributed by atoms with E-state index in [0.717, 1.165) is 5.57 Å². The first-order chi connectivity index (χ1) is 9.33. The number of esters is 1. The standard InChI is InChI=1S/C15H22O5/c1-7(2)5-11(17)18-14-12-9-6-10(16)15(12,4)20-13(19-14)8(9)3/h7,9-10,12-14,16H,3,5-6H2,1-2,4H3/t9-,10?,12-,13?,14?,15-/m1/s1. The summed E-state index contributed by atoms with van der Waals surface area (Å²) in [5, 5.41) is 10.2. The summed E-state index contributed by atoms with van der Waals surface area (Å²) in [7, 11) is 0. The second-order valence-corrected chi connectivity index (χ2v) is 6.68. The predicted molar refractivity (Wildman–Crippen MR) is 70.4 cm³/mol. The Kier molecular flexibility index (Phi) is 3.19. The number of fused-ring (bicyclic) bond motifs is 1. The van der Waals surface area contributed by atoms with Crippen molar-refractivity contribution in [1.29, 1.82) is 0 Å². The molecule has 20 heavy (non-hydrogen) atoms. The Morgan fingerprint density at radius 1 is 1.60 bits per heavy atom. The van der Waals surface area contributed by atoms with Crippen LogP contribution in [0, 0.1) is 17.8 Å². The van der Waals surface area contributed by atoms with Gasteiger partial charge in [0.2, 0.25) is 6.29 Å². The number of aliphatic hydroxyl groups excluding tert-OH is 1. The third kappa shape index (κ3) is 1.91. The van der Waals surface area contributed by atoms with Crippen LogP contribution in [-0.2, 0) is 19.0 Å². The molecule has 0 amide bonds. The summed E-state index contributed by atoms with van der Waals surface area (Å²) < 4.78 is 17.0. The van der Waals surface area contributed by atoms with Gasteiger partial charge in [0.15, 0.2) is 6.29 Å². The molecule has 1 saturated carbocycles. The van der Waals surface area contributed by atoms with Crippen molar-refractivity contribution in [3.05, 3.63) is 12.2 Å². The van der Waals surface area contributed by atoms with Crippen molar-refractivity contribution in [2.45, 2.75) is 57.9 Å². The first-order valence-corrected chi connectivity index (χ1v) is 7.22. The summed E-state index contributed by atoms with van der Waals surface area (Å²) >= 11 is 0. The Bertz CT molecular complexity index is 446. The fourth-order valence-electron chi connectivity index (χ4n) is 3.66. The van der Waals surface area contributed by atoms with Gasteiger partial charge >= 0.3 is 5.97 Å². The fourth-order valence-corrected chi connectivity index (χ4v) is 3.66. The minimum Gasteiger partial charge on any atom is -0.435 e. The molecule has 4 aliphatic rings. The molecule has 3 aliphatic heterocycles. The smallest absolute Gasteiger partial charge is 0.308 e. The molecule has 0 aromatic carbocycles. The van der Waals surface area contributed by atoms with Gasteiger partial charge in [0.1, 0.15) is 5.60 Å². The first-order valence-electron chi connectivity index (χ1n) is 7.22. The molecule has 0 spiro atoms. The van der Waals surface area contributed by atoms with Gasteiger partial charge in [-0.3, -0.25) is 4.79 Å². The van der Waals surface area contributed by atoms with E-state index in [1.807, 2.05) is 20.8 Å². The van der Waals surface area contributed by atoms with Crippen molar-refractivity contribution in [3.63, 3.8) is 0 Å². The monoisotopic (exact) mass is 282 g/mol. The summed E-state index contributed by atoms with van der Waals surface area (Å²) in [6.45, 7) is 9.80. The fraction of sp³-hybridized carbons (Fsp3) is 0.800. The molecule has 4 bridgehead atoms. The lowest BCUT2D eigenvalue weighted by Crippen LogP contribution is -2.62. The number of hydrogen-bond donors (Lipinski definition) is 1. The van der Waals surface area contributed by atoms with E-state index in [1.54, 1.807) is 0 Å². The van der Waals surface area contributed by atoms with Crippen LogP contribution in [0.5, 0.6) is 0 Å². The quantitative estimate of drug-likeness (QED) is 0.629. The predicted octanol–water partition coefficient (Wildman–Crippen LogP) is 1.60. The minimum absolute atomic E-state index is 0.0966. The molecular formula is C15H22O5. The van der Waals surface area contributed by atoms with Gasteiger partial charge in [0, 0.05) is 6.42 Å². The van der Waals surface area contributed by atoms with E-state index < -0.39 is 24.3 Å². The van der Waals surface area contributed by atoms with Gasteiger partial charge in [-0.2, -0.15) is 0 Å². The molecule has 4 rings (SSSR count). The lowest BCUT2D eigenvalue weighted by molar-refractivity contribution is -0.365. The zero-order valence-electron chi connectivity index (χ0n) is 12.2. The Balaban J connectivity index is 1.79. The molecule has 0 aromatic rings. The lowest BCUT2D eigenvalue weighted by atomic mass is 9.77. The van der Waals surface area contributed by atoms with Crippen molar-refractivity contribution in [2.75, 3.05) is 0 Å². The maximum atomic E-state index is 11.9. The van der Waals surface area contributed by atoms with Crippen molar-refractivity contribution in [1.82, 2.24) is 0 Å². The average Bonchev–Trinajstić information content (AvgIpc) is 2.55. The molecule has 1 N–H and O–H groups in total. The van der Waals surface area contributed by atoms with Crippen LogP contribution >= 0.6 is 0 Å². The molecule has 0 aromatic heterocycles. The number of hydrogen-bond acceptors (Lipinski definition) is 5. The highest BCUT2D eigenvalue weighted by molar-refractivity contribution is 5.69. The van der Waals surface area contributed by atoms with Crippen molar-refractivity contribution in [3.8, 4) is 0 Å². The van der Waals surface area contributed by atoms with Crippen LogP contribution in [0.4, 0.5) is 0 Å². The maximum Gasteiger partial charge on any atom is 0.308 e. The molecule has 3 saturated heterocycles. The number of carbonyl (C=O) groups is 1. The van der Waals surface area contributed by atoms with Gasteiger partial charge in [0.25, 0.3) is 0 Å². The Hall–Kier alpha value is -0.910. The van der Waals surface area contributed by atoms with E-state index in [-0.39, 0.29) is 23.7 Å². The summed E-state index contributed by atoms with van der Waals surface area (Å²) in [5.74, 6) is -0.0986. The Morgan fingerprint density at radius 2 is 2.30 bits per heavy atom. The van der Waals surface area contributed by atoms with Gasteiger partial charge in [-0.15, -0.1) is 0 Å². The van der Waals surface area contributed by atoms with E-state index >= 15 is 0 Å². The minimum atomic E-state index is -0.711. The van der Waals surface area contributed by atoms with Crippen molar-refractivity contribution < 1.29 is 24.1 Å². The van der Waals surface area contributed by atoms with Gasteiger partial charge in [0.05, 0.1) is 12.0 Å². The van der Waals surface area contributed by atoms with E-state index in [0.29, 0.717) is 12.8 Å². The zero-order valence-corrected chi connectivity index (χ0v) is 12.2. The summed E-state index contributed by atoms with van der Waals surface area (Å²) in [6.07, 6.45) is -0.836. The highest BCUT2D eigenvalue weighted by Gasteiger charge is 2.66. The average molecular weight is 282 g/mol. The van der Waals surface area contributed by atoms with Crippen molar-refractivity contribution in [2.24, 2.45) is 17.8 Å². The topological polar surface area (TPSA) is 65.0 Å². The molecule has 5 heteroatoms. The Morgan fingerprint density at radius 3 is 2.95 bits per heavy atom. The normalized spacial score (nSPS) is 46.0. The van der Waals surface area contributed by atoms with Crippen LogP contribution in [0.3, 0.4) is 0 Å². The van der Waals surface area contributed by atoms with E-state index in [1.165, 1.54) is 0 Å². The van der Waals surface area contributed by atoms with Gasteiger partial charge < -0.3 is 19.3 Å². The molecular weight excluding hydrogens is 260 g/mol. The van der Waals surface area contributed by atoms with Crippen LogP contribution in [0.2, 0.25) is 0 Å². The number of ether oxygens (including phenoxy) is 3. The third-order valence-corrected chi connectivity index (χ3v) is 4.75. The maximum absolute atomic E-state index is 11.9. The second-order valence-electron chi connectivity index (χ2n) is 6.68. The van der Waals surface area contributed by atoms with Crippen LogP contribution in [0.25, 0.3) is 0 Å². The third-order valence-electron chi connectivity index (χ3n) is 4.75. The first kappa shape index (κ1) is 14.0. The largest absolute Gasteiger partial charge is 0.435 e. The molecule has 3 heterocycles. The molecule has 1 aliphatic carbocycles. The number of carbonyl (C=O) groups excluding carboxylic acids is 1. The van der Waals surface area contributed by atoms with Crippen LogP contribution in [0.1, 0.15) is 33.6 Å². The SMILES string of the molecule is C=C1C2OC(OC(=O)CC(C)C)[C@H]3[C@@H]1CC(O)[C@@]3(C)O2. The lowest BCUT2D eigenvalue weighted by Gasteiger charge is -2.52. The molecule has 6 atom stereocenters. The summed E-state index contributed by atoms with van der Waals surface area (Å²) in [6, 6.07) is 0. The highest BCUT2D eigenvalue weighted by atomic mass is 16.8. The second kappa shape index (κ2) is 4.55.